The van der Waals surface area contributed by atoms with Crippen molar-refractivity contribution in [2.75, 3.05) is 5.32 Å². The summed E-state index contributed by atoms with van der Waals surface area (Å²) in [6.07, 6.45) is 0. The average Bonchev–Trinajstić information content (AvgIpc) is 2.41. The molecule has 8 heteroatoms. The second-order valence-corrected chi connectivity index (χ2v) is 4.39. The minimum absolute atomic E-state index is 0. The summed E-state index contributed by atoms with van der Waals surface area (Å²) in [5, 5.41) is 2.26. The smallest absolute Gasteiger partial charge is 0.296 e. The van der Waals surface area contributed by atoms with Crippen LogP contribution in [0.25, 0.3) is 0 Å². The zero-order valence-corrected chi connectivity index (χ0v) is 12.2. The Morgan fingerprint density at radius 1 is 1.19 bits per heavy atom. The van der Waals surface area contributed by atoms with Gasteiger partial charge in [0.2, 0.25) is 0 Å². The molecule has 1 radical (unpaired) electrons. The van der Waals surface area contributed by atoms with Gasteiger partial charge in [0.05, 0.1) is 16.1 Å². The van der Waals surface area contributed by atoms with Crippen LogP contribution >= 0.6 is 0 Å². The minimum atomic E-state index is -4.36. The maximum Gasteiger partial charge on any atom is 0.296 e. The normalized spacial score (nSPS) is 14.1. The quantitative estimate of drug-likeness (QED) is 0.412. The SMILES string of the molecule is O=C1Nc2ccc(S(=O)(=O)O)cc2C1=O.[K]. The number of hydrogen-bond acceptors (Lipinski definition) is 4. The fraction of sp³-hybridized carbons (Fsp3) is 0. The van der Waals surface area contributed by atoms with E-state index in [1.807, 2.05) is 0 Å². The molecule has 1 aromatic rings. The Labute approximate surface area is 134 Å². The number of fused-ring (bicyclic) bond motifs is 1. The van der Waals surface area contributed by atoms with E-state index in [4.69, 9.17) is 4.55 Å². The maximum atomic E-state index is 11.2. The van der Waals surface area contributed by atoms with Crippen molar-refractivity contribution >= 4 is 78.9 Å². The van der Waals surface area contributed by atoms with Gasteiger partial charge in [-0.05, 0) is 18.2 Å². The van der Waals surface area contributed by atoms with E-state index in [0.29, 0.717) is 0 Å². The predicted octanol–water partition coefficient (Wildman–Crippen LogP) is -0.313. The first-order valence-electron chi connectivity index (χ1n) is 3.87. The van der Waals surface area contributed by atoms with Crippen LogP contribution in [0.2, 0.25) is 0 Å². The van der Waals surface area contributed by atoms with Crippen molar-refractivity contribution in [1.29, 1.82) is 0 Å². The van der Waals surface area contributed by atoms with Crippen molar-refractivity contribution in [3.05, 3.63) is 23.8 Å². The van der Waals surface area contributed by atoms with Crippen LogP contribution in [-0.2, 0) is 14.9 Å². The third kappa shape index (κ3) is 2.43. The van der Waals surface area contributed by atoms with Crippen LogP contribution in [0, 0.1) is 0 Å². The fourth-order valence-electron chi connectivity index (χ4n) is 1.28. The zero-order valence-electron chi connectivity index (χ0n) is 8.22. The van der Waals surface area contributed by atoms with Gasteiger partial charge >= 0.3 is 0 Å². The van der Waals surface area contributed by atoms with Crippen molar-refractivity contribution in [2.24, 2.45) is 0 Å². The molecule has 1 heterocycles. The number of ketones is 1. The molecule has 0 aromatic heterocycles. The Morgan fingerprint density at radius 3 is 2.38 bits per heavy atom. The molecule has 6 nitrogen and oxygen atoms in total. The van der Waals surface area contributed by atoms with Crippen LogP contribution in [-0.4, -0.2) is 76.0 Å². The van der Waals surface area contributed by atoms with Gasteiger partial charge in [0.1, 0.15) is 0 Å². The molecule has 2 rings (SSSR count). The van der Waals surface area contributed by atoms with E-state index in [1.54, 1.807) is 0 Å². The number of Topliss-reactive ketones (excluding diaryl/α,β-unsaturated/α-hetero) is 1. The number of hydrogen-bond donors (Lipinski definition) is 2. The zero-order chi connectivity index (χ0) is 11.2. The van der Waals surface area contributed by atoms with E-state index >= 15 is 0 Å². The first kappa shape index (κ1) is 14.0. The average molecular weight is 266 g/mol. The standard InChI is InChI=1S/C8H5NO5S.K/c10-7-5-3-4(15(12,13)14)1-2-6(5)9-8(7)11;/h1-3H,(H,9,10,11)(H,12,13,14);. The van der Waals surface area contributed by atoms with Gasteiger partial charge < -0.3 is 5.32 Å². The van der Waals surface area contributed by atoms with Crippen LogP contribution in [0.5, 0.6) is 0 Å². The van der Waals surface area contributed by atoms with Gasteiger partial charge in [-0.3, -0.25) is 14.1 Å². The third-order valence-corrected chi connectivity index (χ3v) is 2.84. The number of anilines is 1. The molecule has 0 saturated heterocycles. The van der Waals surface area contributed by atoms with E-state index in [2.05, 4.69) is 5.32 Å². The Bertz CT molecular complexity index is 580. The van der Waals surface area contributed by atoms with Crippen LogP contribution in [0.15, 0.2) is 23.1 Å². The Balaban J connectivity index is 0.00000128. The molecule has 0 unspecified atom stereocenters. The number of nitrogens with one attached hydrogen (secondary N) is 1. The van der Waals surface area contributed by atoms with Crippen LogP contribution in [0.3, 0.4) is 0 Å². The summed E-state index contributed by atoms with van der Waals surface area (Å²) in [6.45, 7) is 0. The Morgan fingerprint density at radius 2 is 1.81 bits per heavy atom. The maximum absolute atomic E-state index is 11.2. The Hall–Kier alpha value is -0.0936. The third-order valence-electron chi connectivity index (χ3n) is 1.99. The van der Waals surface area contributed by atoms with E-state index < -0.39 is 26.7 Å². The number of benzene rings is 1. The summed E-state index contributed by atoms with van der Waals surface area (Å²) in [5.74, 6) is -1.62. The molecule has 0 saturated carbocycles. The van der Waals surface area contributed by atoms with Gasteiger partial charge in [-0.2, -0.15) is 8.42 Å². The second kappa shape index (κ2) is 4.65. The van der Waals surface area contributed by atoms with E-state index in [-0.39, 0.29) is 62.6 Å². The summed E-state index contributed by atoms with van der Waals surface area (Å²) in [7, 11) is -4.36. The summed E-state index contributed by atoms with van der Waals surface area (Å²) in [5.41, 5.74) is 0.201. The molecule has 16 heavy (non-hydrogen) atoms. The van der Waals surface area contributed by atoms with E-state index in [9.17, 15) is 18.0 Å². The van der Waals surface area contributed by atoms with Crippen LogP contribution in [0.4, 0.5) is 5.69 Å². The molecule has 0 atom stereocenters. The van der Waals surface area contributed by atoms with Gasteiger partial charge in [-0.15, -0.1) is 0 Å². The predicted molar refractivity (Wildman–Crippen MR) is 55.0 cm³/mol. The summed E-state index contributed by atoms with van der Waals surface area (Å²) in [4.78, 5) is 21.7. The molecule has 79 valence electrons. The van der Waals surface area contributed by atoms with Gasteiger partial charge in [0.25, 0.3) is 21.8 Å². The molecular weight excluding hydrogens is 261 g/mol. The number of rotatable bonds is 1. The molecular formula is C8H5KNO5S. The van der Waals surface area contributed by atoms with Crippen LogP contribution < -0.4 is 5.32 Å². The van der Waals surface area contributed by atoms with Crippen molar-refractivity contribution in [1.82, 2.24) is 0 Å². The molecule has 1 aromatic carbocycles. The van der Waals surface area contributed by atoms with Gasteiger partial charge in [-0.25, -0.2) is 0 Å². The second-order valence-electron chi connectivity index (χ2n) is 2.97. The van der Waals surface area contributed by atoms with Crippen molar-refractivity contribution in [2.45, 2.75) is 4.90 Å². The first-order valence-corrected chi connectivity index (χ1v) is 5.31. The summed E-state index contributed by atoms with van der Waals surface area (Å²) >= 11 is 0. The molecule has 2 N–H and O–H groups in total. The molecule has 0 fully saturated rings. The number of carbonyl (C=O) groups excluding carboxylic acids is 2. The fourth-order valence-corrected chi connectivity index (χ4v) is 1.79. The largest absolute Gasteiger partial charge is 0.318 e. The van der Waals surface area contributed by atoms with Gasteiger partial charge in [0, 0.05) is 51.4 Å². The molecule has 1 amide bonds. The first-order chi connectivity index (χ1) is 6.89. The monoisotopic (exact) mass is 266 g/mol. The summed E-state index contributed by atoms with van der Waals surface area (Å²) < 4.78 is 30.2. The van der Waals surface area contributed by atoms with Gasteiger partial charge in [-0.1, -0.05) is 0 Å². The molecule has 1 aliphatic heterocycles. The topological polar surface area (TPSA) is 101 Å². The number of amides is 1. The minimum Gasteiger partial charge on any atom is -0.318 e. The van der Waals surface area contributed by atoms with Crippen molar-refractivity contribution in [3.63, 3.8) is 0 Å². The van der Waals surface area contributed by atoms with Gasteiger partial charge in [0.15, 0.2) is 0 Å². The van der Waals surface area contributed by atoms with Crippen molar-refractivity contribution in [3.8, 4) is 0 Å². The molecule has 0 aliphatic carbocycles. The molecule has 0 spiro atoms. The van der Waals surface area contributed by atoms with E-state index in [1.165, 1.54) is 6.07 Å². The molecule has 0 bridgehead atoms. The number of carbonyl (C=O) groups is 2. The van der Waals surface area contributed by atoms with Crippen LogP contribution in [0.1, 0.15) is 10.4 Å². The van der Waals surface area contributed by atoms with E-state index in [0.717, 1.165) is 12.1 Å². The van der Waals surface area contributed by atoms with Crippen molar-refractivity contribution < 1.29 is 22.6 Å². The Kier molecular flexibility index (Phi) is 4.06. The summed E-state index contributed by atoms with van der Waals surface area (Å²) in [6, 6.07) is 3.32. The molecule has 1 aliphatic rings.